The minimum atomic E-state index is -0.267. The average Bonchev–Trinajstić information content (AvgIpc) is 2.49. The van der Waals surface area contributed by atoms with Crippen molar-refractivity contribution in [2.45, 2.75) is 19.8 Å². The first kappa shape index (κ1) is 16.5. The highest BCUT2D eigenvalue weighted by molar-refractivity contribution is 6.36. The maximum atomic E-state index is 12.0. The van der Waals surface area contributed by atoms with Crippen LogP contribution in [-0.2, 0) is 0 Å². The topological polar surface area (TPSA) is 41.5 Å². The number of hydrazone groups is 1. The third-order valence-corrected chi connectivity index (χ3v) is 3.73. The SMILES string of the molecule is CC(C)c1ccc(C(=O)N/N=C/c2ccc(Cl)cc2Cl)cc1. The number of carbonyl (C=O) groups is 1. The lowest BCUT2D eigenvalue weighted by Crippen LogP contribution is -2.17. The standard InChI is InChI=1S/C17H16Cl2N2O/c1-11(2)12-3-5-13(6-4-12)17(22)21-20-10-14-7-8-15(18)9-16(14)19/h3-11H,1-2H3,(H,21,22)/b20-10+. The van der Waals surface area contributed by atoms with Crippen LogP contribution in [0.3, 0.4) is 0 Å². The van der Waals surface area contributed by atoms with E-state index in [1.807, 2.05) is 12.1 Å². The van der Waals surface area contributed by atoms with E-state index in [1.54, 1.807) is 30.3 Å². The van der Waals surface area contributed by atoms with Gasteiger partial charge in [-0.2, -0.15) is 5.10 Å². The van der Waals surface area contributed by atoms with Crippen LogP contribution in [-0.4, -0.2) is 12.1 Å². The maximum absolute atomic E-state index is 12.0. The molecule has 114 valence electrons. The monoisotopic (exact) mass is 334 g/mol. The van der Waals surface area contributed by atoms with E-state index in [9.17, 15) is 4.79 Å². The minimum absolute atomic E-state index is 0.267. The Bertz CT molecular complexity index is 694. The Kier molecular flexibility index (Phi) is 5.58. The number of nitrogens with one attached hydrogen (secondary N) is 1. The van der Waals surface area contributed by atoms with Gasteiger partial charge >= 0.3 is 0 Å². The summed E-state index contributed by atoms with van der Waals surface area (Å²) in [6.07, 6.45) is 1.49. The van der Waals surface area contributed by atoms with Crippen LogP contribution in [0.25, 0.3) is 0 Å². The molecule has 0 bridgehead atoms. The summed E-state index contributed by atoms with van der Waals surface area (Å²) in [5.41, 5.74) is 4.91. The molecule has 0 saturated carbocycles. The molecule has 0 spiro atoms. The van der Waals surface area contributed by atoms with Crippen LogP contribution in [0, 0.1) is 0 Å². The Hall–Kier alpha value is -1.84. The summed E-state index contributed by atoms with van der Waals surface area (Å²) < 4.78 is 0. The van der Waals surface area contributed by atoms with Gasteiger partial charge in [-0.3, -0.25) is 4.79 Å². The molecule has 3 nitrogen and oxygen atoms in total. The predicted molar refractivity (Wildman–Crippen MR) is 92.1 cm³/mol. The fourth-order valence-electron chi connectivity index (χ4n) is 1.85. The zero-order valence-corrected chi connectivity index (χ0v) is 13.8. The first-order valence-corrected chi connectivity index (χ1v) is 7.61. The largest absolute Gasteiger partial charge is 0.271 e. The second-order valence-corrected chi connectivity index (χ2v) is 5.99. The van der Waals surface area contributed by atoms with Gasteiger partial charge in [0.15, 0.2) is 0 Å². The number of carbonyl (C=O) groups excluding carboxylic acids is 1. The Morgan fingerprint density at radius 1 is 1.14 bits per heavy atom. The van der Waals surface area contributed by atoms with Crippen molar-refractivity contribution < 1.29 is 4.79 Å². The number of hydrogen-bond acceptors (Lipinski definition) is 2. The van der Waals surface area contributed by atoms with Crippen molar-refractivity contribution in [1.29, 1.82) is 0 Å². The second kappa shape index (κ2) is 7.43. The highest BCUT2D eigenvalue weighted by Gasteiger charge is 2.05. The van der Waals surface area contributed by atoms with Crippen LogP contribution in [0.4, 0.5) is 0 Å². The summed E-state index contributed by atoms with van der Waals surface area (Å²) >= 11 is 11.8. The molecule has 0 radical (unpaired) electrons. The number of benzene rings is 2. The number of hydrogen-bond donors (Lipinski definition) is 1. The molecule has 0 heterocycles. The van der Waals surface area contributed by atoms with Gasteiger partial charge in [0.05, 0.1) is 11.2 Å². The van der Waals surface area contributed by atoms with Gasteiger partial charge in [0, 0.05) is 16.1 Å². The Morgan fingerprint density at radius 3 is 2.41 bits per heavy atom. The van der Waals surface area contributed by atoms with Crippen LogP contribution in [0.2, 0.25) is 10.0 Å². The van der Waals surface area contributed by atoms with Crippen molar-refractivity contribution >= 4 is 35.3 Å². The van der Waals surface area contributed by atoms with Crippen LogP contribution in [0.15, 0.2) is 47.6 Å². The maximum Gasteiger partial charge on any atom is 0.271 e. The number of rotatable bonds is 4. The van der Waals surface area contributed by atoms with Gasteiger partial charge in [-0.15, -0.1) is 0 Å². The molecule has 2 aromatic rings. The molecule has 0 fully saturated rings. The number of nitrogens with zero attached hydrogens (tertiary/aromatic N) is 1. The molecule has 0 saturated heterocycles. The summed E-state index contributed by atoms with van der Waals surface area (Å²) in [5, 5.41) is 4.94. The highest BCUT2D eigenvalue weighted by atomic mass is 35.5. The van der Waals surface area contributed by atoms with E-state index in [2.05, 4.69) is 24.4 Å². The zero-order valence-electron chi connectivity index (χ0n) is 12.3. The summed E-state index contributed by atoms with van der Waals surface area (Å²) in [5.74, 6) is 0.166. The quantitative estimate of drug-likeness (QED) is 0.628. The molecular weight excluding hydrogens is 319 g/mol. The van der Waals surface area contributed by atoms with Crippen LogP contribution in [0.1, 0.15) is 41.3 Å². The molecule has 5 heteroatoms. The first-order valence-electron chi connectivity index (χ1n) is 6.86. The molecule has 0 aliphatic heterocycles. The van der Waals surface area contributed by atoms with Crippen LogP contribution >= 0.6 is 23.2 Å². The molecular formula is C17H16Cl2N2O. The molecule has 0 aliphatic rings. The summed E-state index contributed by atoms with van der Waals surface area (Å²) in [4.78, 5) is 12.0. The van der Waals surface area contributed by atoms with E-state index in [1.165, 1.54) is 11.8 Å². The lowest BCUT2D eigenvalue weighted by atomic mass is 10.0. The molecule has 0 aromatic heterocycles. The lowest BCUT2D eigenvalue weighted by Gasteiger charge is -2.06. The average molecular weight is 335 g/mol. The predicted octanol–water partition coefficient (Wildman–Crippen LogP) is 4.88. The Morgan fingerprint density at radius 2 is 1.82 bits per heavy atom. The van der Waals surface area contributed by atoms with E-state index >= 15 is 0 Å². The summed E-state index contributed by atoms with van der Waals surface area (Å²) in [7, 11) is 0. The van der Waals surface area contributed by atoms with Crippen molar-refractivity contribution in [2.75, 3.05) is 0 Å². The van der Waals surface area contributed by atoms with Gasteiger partial charge in [0.25, 0.3) is 5.91 Å². The molecule has 1 amide bonds. The van der Waals surface area contributed by atoms with E-state index in [0.717, 1.165) is 0 Å². The summed E-state index contributed by atoms with van der Waals surface area (Å²) in [6, 6.07) is 12.5. The van der Waals surface area contributed by atoms with Gasteiger partial charge < -0.3 is 0 Å². The van der Waals surface area contributed by atoms with Crippen molar-refractivity contribution in [3.05, 3.63) is 69.2 Å². The normalized spacial score (nSPS) is 11.1. The third kappa shape index (κ3) is 4.33. The molecule has 0 aliphatic carbocycles. The van der Waals surface area contributed by atoms with Crippen molar-refractivity contribution in [2.24, 2.45) is 5.10 Å². The molecule has 2 rings (SSSR count). The first-order chi connectivity index (χ1) is 10.5. The second-order valence-electron chi connectivity index (χ2n) is 5.14. The van der Waals surface area contributed by atoms with E-state index in [-0.39, 0.29) is 5.91 Å². The zero-order chi connectivity index (χ0) is 16.1. The number of amides is 1. The molecule has 22 heavy (non-hydrogen) atoms. The van der Waals surface area contributed by atoms with Gasteiger partial charge in [-0.25, -0.2) is 5.43 Å². The van der Waals surface area contributed by atoms with E-state index in [4.69, 9.17) is 23.2 Å². The van der Waals surface area contributed by atoms with Crippen LogP contribution in [0.5, 0.6) is 0 Å². The van der Waals surface area contributed by atoms with Crippen molar-refractivity contribution in [3.63, 3.8) is 0 Å². The third-order valence-electron chi connectivity index (χ3n) is 3.17. The van der Waals surface area contributed by atoms with Gasteiger partial charge in [-0.1, -0.05) is 55.2 Å². The van der Waals surface area contributed by atoms with Gasteiger partial charge in [0.1, 0.15) is 0 Å². The highest BCUT2D eigenvalue weighted by Crippen LogP contribution is 2.19. The Labute approximate surface area is 139 Å². The molecule has 1 N–H and O–H groups in total. The van der Waals surface area contributed by atoms with Crippen molar-refractivity contribution in [1.82, 2.24) is 5.43 Å². The summed E-state index contributed by atoms with van der Waals surface area (Å²) in [6.45, 7) is 4.21. The fourth-order valence-corrected chi connectivity index (χ4v) is 2.31. The minimum Gasteiger partial charge on any atom is -0.267 e. The van der Waals surface area contributed by atoms with Crippen LogP contribution < -0.4 is 5.43 Å². The molecule has 2 aromatic carbocycles. The van der Waals surface area contributed by atoms with Gasteiger partial charge in [0.2, 0.25) is 0 Å². The smallest absolute Gasteiger partial charge is 0.267 e. The number of halogens is 2. The Balaban J connectivity index is 2.01. The van der Waals surface area contributed by atoms with Crippen molar-refractivity contribution in [3.8, 4) is 0 Å². The lowest BCUT2D eigenvalue weighted by molar-refractivity contribution is 0.0955. The fraction of sp³-hybridized carbons (Fsp3) is 0.176. The molecule has 0 unspecified atom stereocenters. The van der Waals surface area contributed by atoms with Gasteiger partial charge in [-0.05, 0) is 35.7 Å². The van der Waals surface area contributed by atoms with E-state index in [0.29, 0.717) is 27.1 Å². The van der Waals surface area contributed by atoms with E-state index < -0.39 is 0 Å². The molecule has 0 atom stereocenters.